The minimum atomic E-state index is -0.442. The summed E-state index contributed by atoms with van der Waals surface area (Å²) in [6, 6.07) is 25.2. The van der Waals surface area contributed by atoms with Crippen molar-refractivity contribution in [2.75, 3.05) is 0 Å². The van der Waals surface area contributed by atoms with E-state index in [1.165, 1.54) is 0 Å². The molecule has 0 saturated carbocycles. The van der Waals surface area contributed by atoms with E-state index < -0.39 is 5.97 Å². The fourth-order valence-electron chi connectivity index (χ4n) is 2.90. The van der Waals surface area contributed by atoms with Crippen molar-refractivity contribution in [2.24, 2.45) is 4.99 Å². The highest BCUT2D eigenvalue weighted by atomic mass is 16.6. The van der Waals surface area contributed by atoms with Crippen molar-refractivity contribution in [1.82, 2.24) is 0 Å². The van der Waals surface area contributed by atoms with E-state index in [0.29, 0.717) is 12.5 Å². The van der Waals surface area contributed by atoms with Crippen LogP contribution in [0.15, 0.2) is 89.6 Å². The largest absolute Gasteiger partial charge is 0.489 e. The quantitative estimate of drug-likeness (QED) is 0.474. The number of cyclic esters (lactones) is 1. The molecule has 4 rings (SSSR count). The molecule has 0 N–H and O–H groups in total. The number of carbonyl (C=O) groups is 1. The number of benzene rings is 3. The Morgan fingerprint density at radius 3 is 2.39 bits per heavy atom. The van der Waals surface area contributed by atoms with Crippen LogP contribution in [-0.2, 0) is 16.1 Å². The topological polar surface area (TPSA) is 47.9 Å². The van der Waals surface area contributed by atoms with Crippen LogP contribution in [0.2, 0.25) is 0 Å². The highest BCUT2D eigenvalue weighted by Crippen LogP contribution is 2.22. The molecule has 0 unspecified atom stereocenters. The minimum absolute atomic E-state index is 0.288. The predicted molar refractivity (Wildman–Crippen MR) is 109 cm³/mol. The maximum atomic E-state index is 12.2. The molecule has 0 aliphatic carbocycles. The molecule has 1 heterocycles. The highest BCUT2D eigenvalue weighted by molar-refractivity contribution is 6.13. The standard InChI is InChI=1S/C24H19NO3/c1-17-7-5-6-10-21(17)23-25-22(24(26)28-23)15-18-11-13-20(14-12-18)27-16-19-8-3-2-4-9-19/h2-15H,16H2,1H3/b22-15-. The second-order valence-corrected chi connectivity index (χ2v) is 6.49. The van der Waals surface area contributed by atoms with Crippen molar-refractivity contribution >= 4 is 17.9 Å². The van der Waals surface area contributed by atoms with Gasteiger partial charge in [0.25, 0.3) is 0 Å². The van der Waals surface area contributed by atoms with Gasteiger partial charge in [0.15, 0.2) is 5.70 Å². The molecule has 138 valence electrons. The molecule has 3 aromatic rings. The molecule has 4 heteroatoms. The molecule has 0 saturated heterocycles. The van der Waals surface area contributed by atoms with Crippen molar-refractivity contribution in [1.29, 1.82) is 0 Å². The van der Waals surface area contributed by atoms with Gasteiger partial charge in [-0.05, 0) is 47.9 Å². The third kappa shape index (κ3) is 4.01. The average molecular weight is 369 g/mol. The highest BCUT2D eigenvalue weighted by Gasteiger charge is 2.24. The Kier molecular flexibility index (Phi) is 5.02. The van der Waals surface area contributed by atoms with Crippen LogP contribution in [0.5, 0.6) is 5.75 Å². The van der Waals surface area contributed by atoms with E-state index in [9.17, 15) is 4.79 Å². The Balaban J connectivity index is 1.48. The third-order valence-electron chi connectivity index (χ3n) is 4.43. The number of ether oxygens (including phenoxy) is 2. The summed E-state index contributed by atoms with van der Waals surface area (Å²) in [6.45, 7) is 2.47. The van der Waals surface area contributed by atoms with E-state index in [2.05, 4.69) is 4.99 Å². The fraction of sp³-hybridized carbons (Fsp3) is 0.0833. The van der Waals surface area contributed by atoms with Gasteiger partial charge in [0.1, 0.15) is 12.4 Å². The monoisotopic (exact) mass is 369 g/mol. The van der Waals surface area contributed by atoms with E-state index in [4.69, 9.17) is 9.47 Å². The molecule has 0 fully saturated rings. The molecule has 0 aromatic heterocycles. The van der Waals surface area contributed by atoms with Gasteiger partial charge >= 0.3 is 5.97 Å². The summed E-state index contributed by atoms with van der Waals surface area (Å²) < 4.78 is 11.1. The van der Waals surface area contributed by atoms with Gasteiger partial charge in [0.05, 0.1) is 0 Å². The van der Waals surface area contributed by atoms with Crippen molar-refractivity contribution in [3.63, 3.8) is 0 Å². The summed E-state index contributed by atoms with van der Waals surface area (Å²) >= 11 is 0. The molecule has 0 radical (unpaired) electrons. The fourth-order valence-corrected chi connectivity index (χ4v) is 2.90. The molecule has 0 atom stereocenters. The average Bonchev–Trinajstić information content (AvgIpc) is 3.08. The lowest BCUT2D eigenvalue weighted by molar-refractivity contribution is -0.129. The maximum Gasteiger partial charge on any atom is 0.363 e. The minimum Gasteiger partial charge on any atom is -0.489 e. The molecule has 1 aliphatic rings. The lowest BCUT2D eigenvalue weighted by Crippen LogP contribution is -2.06. The normalized spacial score (nSPS) is 14.7. The molecule has 28 heavy (non-hydrogen) atoms. The van der Waals surface area contributed by atoms with Crippen molar-refractivity contribution in [3.8, 4) is 5.75 Å². The Morgan fingerprint density at radius 1 is 0.929 bits per heavy atom. The second-order valence-electron chi connectivity index (χ2n) is 6.49. The van der Waals surface area contributed by atoms with Crippen LogP contribution < -0.4 is 4.74 Å². The lowest BCUT2D eigenvalue weighted by Gasteiger charge is -2.06. The Labute approximate surface area is 163 Å². The van der Waals surface area contributed by atoms with Crippen LogP contribution in [0.25, 0.3) is 6.08 Å². The molecule has 0 spiro atoms. The number of nitrogens with zero attached hydrogens (tertiary/aromatic N) is 1. The van der Waals surface area contributed by atoms with E-state index >= 15 is 0 Å². The van der Waals surface area contributed by atoms with Crippen molar-refractivity contribution in [3.05, 3.63) is 107 Å². The summed E-state index contributed by atoms with van der Waals surface area (Å²) in [4.78, 5) is 16.5. The van der Waals surface area contributed by atoms with Gasteiger partial charge in [-0.25, -0.2) is 9.79 Å². The SMILES string of the molecule is Cc1ccccc1C1=N/C(=C\c2ccc(OCc3ccccc3)cc2)C(=O)O1. The molecule has 1 aliphatic heterocycles. The zero-order chi connectivity index (χ0) is 19.3. The van der Waals surface area contributed by atoms with Gasteiger partial charge in [-0.2, -0.15) is 0 Å². The van der Waals surface area contributed by atoms with Crippen LogP contribution in [0.4, 0.5) is 0 Å². The smallest absolute Gasteiger partial charge is 0.363 e. The van der Waals surface area contributed by atoms with Gasteiger partial charge in [0.2, 0.25) is 5.90 Å². The van der Waals surface area contributed by atoms with E-state index in [1.807, 2.05) is 85.8 Å². The molecular weight excluding hydrogens is 350 g/mol. The summed E-state index contributed by atoms with van der Waals surface area (Å²) in [5.41, 5.74) is 4.09. The van der Waals surface area contributed by atoms with Crippen LogP contribution in [0, 0.1) is 6.92 Å². The van der Waals surface area contributed by atoms with Gasteiger partial charge in [-0.1, -0.05) is 60.7 Å². The first-order valence-corrected chi connectivity index (χ1v) is 9.04. The van der Waals surface area contributed by atoms with Crippen molar-refractivity contribution < 1.29 is 14.3 Å². The van der Waals surface area contributed by atoms with Crippen LogP contribution in [-0.4, -0.2) is 11.9 Å². The van der Waals surface area contributed by atoms with Crippen LogP contribution >= 0.6 is 0 Å². The van der Waals surface area contributed by atoms with Crippen molar-refractivity contribution in [2.45, 2.75) is 13.5 Å². The lowest BCUT2D eigenvalue weighted by atomic mass is 10.1. The van der Waals surface area contributed by atoms with Gasteiger partial charge in [0, 0.05) is 5.56 Å². The Morgan fingerprint density at radius 2 is 1.64 bits per heavy atom. The van der Waals surface area contributed by atoms with E-state index in [0.717, 1.165) is 28.0 Å². The molecule has 4 nitrogen and oxygen atoms in total. The maximum absolute atomic E-state index is 12.2. The summed E-state index contributed by atoms with van der Waals surface area (Å²) in [5.74, 6) is 0.670. The number of hydrogen-bond donors (Lipinski definition) is 0. The number of esters is 1. The van der Waals surface area contributed by atoms with E-state index in [1.54, 1.807) is 6.08 Å². The number of aliphatic imine (C=N–C) groups is 1. The number of aryl methyl sites for hydroxylation is 1. The summed E-state index contributed by atoms with van der Waals surface area (Å²) in [6.07, 6.45) is 1.72. The number of rotatable bonds is 5. The second kappa shape index (κ2) is 7.92. The number of hydrogen-bond acceptors (Lipinski definition) is 4. The molecular formula is C24H19NO3. The molecule has 3 aromatic carbocycles. The van der Waals surface area contributed by atoms with Crippen LogP contribution in [0.1, 0.15) is 22.3 Å². The zero-order valence-electron chi connectivity index (χ0n) is 15.5. The summed E-state index contributed by atoms with van der Waals surface area (Å²) in [5, 5.41) is 0. The first-order chi connectivity index (χ1) is 13.7. The summed E-state index contributed by atoms with van der Waals surface area (Å²) in [7, 11) is 0. The number of carbonyl (C=O) groups excluding carboxylic acids is 1. The van der Waals surface area contributed by atoms with Gasteiger partial charge in [-0.3, -0.25) is 0 Å². The molecule has 0 amide bonds. The first-order valence-electron chi connectivity index (χ1n) is 9.04. The zero-order valence-corrected chi connectivity index (χ0v) is 15.5. The van der Waals surface area contributed by atoms with Gasteiger partial charge in [-0.15, -0.1) is 0 Å². The predicted octanol–water partition coefficient (Wildman–Crippen LogP) is 4.92. The first kappa shape index (κ1) is 17.7. The Bertz CT molecular complexity index is 1050. The van der Waals surface area contributed by atoms with Gasteiger partial charge < -0.3 is 9.47 Å². The Hall–Kier alpha value is -3.66. The van der Waals surface area contributed by atoms with Crippen LogP contribution in [0.3, 0.4) is 0 Å². The third-order valence-corrected chi connectivity index (χ3v) is 4.43. The molecule has 0 bridgehead atoms. The van der Waals surface area contributed by atoms with E-state index in [-0.39, 0.29) is 5.70 Å².